The SMILES string of the molecule is CN1C(N)=NS(=O)(=O)N=C1NCC1COc2cc(CN3CCCCC3)ccc2O1. The first-order valence-corrected chi connectivity index (χ1v) is 11.1. The molecule has 3 aliphatic rings. The predicted octanol–water partition coefficient (Wildman–Crippen LogP) is 0.263. The van der Waals surface area contributed by atoms with E-state index in [2.05, 4.69) is 25.1 Å². The summed E-state index contributed by atoms with van der Waals surface area (Å²) in [4.78, 5) is 3.83. The Morgan fingerprint density at radius 3 is 2.79 bits per heavy atom. The molecule has 0 aromatic heterocycles. The first-order chi connectivity index (χ1) is 13.9. The molecule has 1 aromatic carbocycles. The number of benzene rings is 1. The molecular weight excluding hydrogens is 396 g/mol. The molecule has 0 radical (unpaired) electrons. The van der Waals surface area contributed by atoms with Crippen LogP contribution in [-0.4, -0.2) is 69.5 Å². The molecule has 0 aliphatic carbocycles. The van der Waals surface area contributed by atoms with Gasteiger partial charge in [-0.3, -0.25) is 9.80 Å². The van der Waals surface area contributed by atoms with Crippen molar-refractivity contribution in [1.82, 2.24) is 15.1 Å². The fourth-order valence-corrected chi connectivity index (χ4v) is 4.37. The van der Waals surface area contributed by atoms with Crippen LogP contribution in [0.25, 0.3) is 0 Å². The van der Waals surface area contributed by atoms with Gasteiger partial charge in [0.2, 0.25) is 11.9 Å². The van der Waals surface area contributed by atoms with Crippen molar-refractivity contribution in [3.63, 3.8) is 0 Å². The summed E-state index contributed by atoms with van der Waals surface area (Å²) in [5, 5.41) is 2.95. The molecule has 3 N–H and O–H groups in total. The third-order valence-electron chi connectivity index (χ3n) is 5.14. The zero-order valence-electron chi connectivity index (χ0n) is 16.4. The van der Waals surface area contributed by atoms with Crippen molar-refractivity contribution in [3.05, 3.63) is 23.8 Å². The van der Waals surface area contributed by atoms with E-state index in [0.29, 0.717) is 18.9 Å². The third kappa shape index (κ3) is 4.73. The molecule has 1 fully saturated rings. The van der Waals surface area contributed by atoms with Gasteiger partial charge < -0.3 is 20.5 Å². The zero-order valence-corrected chi connectivity index (χ0v) is 17.2. The maximum absolute atomic E-state index is 11.6. The number of fused-ring (bicyclic) bond motifs is 1. The van der Waals surface area contributed by atoms with Crippen LogP contribution in [0, 0.1) is 0 Å². The van der Waals surface area contributed by atoms with E-state index >= 15 is 0 Å². The Morgan fingerprint density at radius 2 is 2.00 bits per heavy atom. The Kier molecular flexibility index (Phi) is 5.50. The van der Waals surface area contributed by atoms with Crippen molar-refractivity contribution < 1.29 is 17.9 Å². The lowest BCUT2D eigenvalue weighted by Gasteiger charge is -2.30. The highest BCUT2D eigenvalue weighted by molar-refractivity contribution is 7.89. The summed E-state index contributed by atoms with van der Waals surface area (Å²) in [5.74, 6) is 1.37. The summed E-state index contributed by atoms with van der Waals surface area (Å²) in [6.07, 6.45) is 3.55. The smallest absolute Gasteiger partial charge is 0.369 e. The minimum Gasteiger partial charge on any atom is -0.486 e. The van der Waals surface area contributed by atoms with E-state index in [0.717, 1.165) is 25.4 Å². The van der Waals surface area contributed by atoms with Crippen molar-refractivity contribution in [3.8, 4) is 11.5 Å². The van der Waals surface area contributed by atoms with Crippen LogP contribution < -0.4 is 20.5 Å². The summed E-state index contributed by atoms with van der Waals surface area (Å²) < 4.78 is 42.0. The summed E-state index contributed by atoms with van der Waals surface area (Å²) in [6, 6.07) is 6.03. The number of nitrogens with two attached hydrogens (primary N) is 1. The molecule has 3 heterocycles. The van der Waals surface area contributed by atoms with Crippen LogP contribution in [0.3, 0.4) is 0 Å². The minimum atomic E-state index is -3.96. The third-order valence-corrected chi connectivity index (χ3v) is 5.96. The summed E-state index contributed by atoms with van der Waals surface area (Å²) in [5.41, 5.74) is 6.83. The molecular formula is C18H26N6O4S. The zero-order chi connectivity index (χ0) is 20.4. The number of guanidine groups is 2. The lowest BCUT2D eigenvalue weighted by molar-refractivity contribution is 0.0931. The Hall–Kier alpha value is -2.53. The Morgan fingerprint density at radius 1 is 1.21 bits per heavy atom. The molecule has 4 rings (SSSR count). The predicted molar refractivity (Wildman–Crippen MR) is 109 cm³/mol. The molecule has 0 bridgehead atoms. The number of hydrogen-bond acceptors (Lipinski definition) is 8. The van der Waals surface area contributed by atoms with Crippen LogP contribution in [0.1, 0.15) is 24.8 Å². The van der Waals surface area contributed by atoms with E-state index in [4.69, 9.17) is 15.2 Å². The topological polar surface area (TPSA) is 122 Å². The van der Waals surface area contributed by atoms with E-state index in [1.807, 2.05) is 12.1 Å². The highest BCUT2D eigenvalue weighted by Gasteiger charge is 2.26. The van der Waals surface area contributed by atoms with Gasteiger partial charge in [-0.15, -0.1) is 8.80 Å². The van der Waals surface area contributed by atoms with Crippen LogP contribution in [0.5, 0.6) is 11.5 Å². The Labute approximate surface area is 170 Å². The number of likely N-dealkylation sites (tertiary alicyclic amines) is 1. The van der Waals surface area contributed by atoms with Gasteiger partial charge in [-0.05, 0) is 43.6 Å². The monoisotopic (exact) mass is 422 g/mol. The van der Waals surface area contributed by atoms with Crippen LogP contribution in [0.2, 0.25) is 0 Å². The Bertz CT molecular complexity index is 926. The summed E-state index contributed by atoms with van der Waals surface area (Å²) >= 11 is 0. The molecule has 1 saturated heterocycles. The van der Waals surface area contributed by atoms with Gasteiger partial charge in [0.15, 0.2) is 11.5 Å². The molecule has 158 valence electrons. The van der Waals surface area contributed by atoms with Gasteiger partial charge in [0.25, 0.3) is 0 Å². The average Bonchev–Trinajstić information content (AvgIpc) is 2.70. The highest BCUT2D eigenvalue weighted by atomic mass is 32.2. The van der Waals surface area contributed by atoms with Gasteiger partial charge in [-0.25, -0.2) is 0 Å². The minimum absolute atomic E-state index is 0.101. The second-order valence-corrected chi connectivity index (χ2v) is 8.68. The molecule has 11 heteroatoms. The van der Waals surface area contributed by atoms with E-state index in [9.17, 15) is 8.42 Å². The normalized spacial score (nSPS) is 23.9. The quantitative estimate of drug-likeness (QED) is 0.709. The lowest BCUT2D eigenvalue weighted by Crippen LogP contribution is -2.51. The van der Waals surface area contributed by atoms with Gasteiger partial charge in [0, 0.05) is 13.6 Å². The number of hydrogen-bond donors (Lipinski definition) is 2. The average molecular weight is 423 g/mol. The fraction of sp³-hybridized carbons (Fsp3) is 0.556. The van der Waals surface area contributed by atoms with Gasteiger partial charge in [0.05, 0.1) is 6.54 Å². The first kappa shape index (κ1) is 19.8. The maximum atomic E-state index is 11.6. The van der Waals surface area contributed by atoms with Crippen LogP contribution in [0.15, 0.2) is 27.0 Å². The molecule has 0 spiro atoms. The number of rotatable bonds is 4. The van der Waals surface area contributed by atoms with Crippen LogP contribution in [0.4, 0.5) is 0 Å². The Balaban J connectivity index is 1.35. The second kappa shape index (κ2) is 8.07. The van der Waals surface area contributed by atoms with Crippen molar-refractivity contribution >= 4 is 22.1 Å². The van der Waals surface area contributed by atoms with Crippen molar-refractivity contribution in [1.29, 1.82) is 0 Å². The summed E-state index contributed by atoms with van der Waals surface area (Å²) in [7, 11) is -2.38. The molecule has 0 saturated carbocycles. The maximum Gasteiger partial charge on any atom is 0.369 e. The molecule has 29 heavy (non-hydrogen) atoms. The largest absolute Gasteiger partial charge is 0.486 e. The fourth-order valence-electron chi connectivity index (χ4n) is 3.57. The van der Waals surface area contributed by atoms with Crippen LogP contribution >= 0.6 is 0 Å². The molecule has 3 aliphatic heterocycles. The first-order valence-electron chi connectivity index (χ1n) is 9.72. The standard InChI is InChI=1S/C18H26N6O4S/c1-23-17(19)21-29(25,26)22-18(23)20-10-14-12-27-16-9-13(5-6-15(16)28-14)11-24-7-3-2-4-8-24/h5-6,9,14H,2-4,7-8,10-12H2,1H3,(H2,19,21)(H,20,22). The summed E-state index contributed by atoms with van der Waals surface area (Å²) in [6.45, 7) is 3.86. The van der Waals surface area contributed by atoms with Crippen molar-refractivity contribution in [2.45, 2.75) is 31.9 Å². The molecule has 1 atom stereocenters. The van der Waals surface area contributed by atoms with Crippen molar-refractivity contribution in [2.24, 2.45) is 14.5 Å². The van der Waals surface area contributed by atoms with E-state index < -0.39 is 10.2 Å². The number of nitrogens with zero attached hydrogens (tertiary/aromatic N) is 4. The highest BCUT2D eigenvalue weighted by Crippen LogP contribution is 2.33. The van der Waals surface area contributed by atoms with E-state index in [1.54, 1.807) is 7.05 Å². The van der Waals surface area contributed by atoms with Crippen LogP contribution in [-0.2, 0) is 16.8 Å². The van der Waals surface area contributed by atoms with E-state index in [1.165, 1.54) is 29.7 Å². The number of ether oxygens (including phenoxy) is 2. The molecule has 1 aromatic rings. The van der Waals surface area contributed by atoms with Crippen molar-refractivity contribution in [2.75, 3.05) is 33.3 Å². The number of nitrogens with one attached hydrogen (secondary N) is 1. The number of piperidine rings is 1. The van der Waals surface area contributed by atoms with Gasteiger partial charge in [-0.1, -0.05) is 12.5 Å². The molecule has 1 unspecified atom stereocenters. The van der Waals surface area contributed by atoms with E-state index in [-0.39, 0.29) is 18.0 Å². The molecule has 10 nitrogen and oxygen atoms in total. The van der Waals surface area contributed by atoms with Gasteiger partial charge >= 0.3 is 10.2 Å². The van der Waals surface area contributed by atoms with Gasteiger partial charge in [-0.2, -0.15) is 8.42 Å². The lowest BCUT2D eigenvalue weighted by atomic mass is 10.1. The van der Waals surface area contributed by atoms with Gasteiger partial charge in [0.1, 0.15) is 12.7 Å². The second-order valence-electron chi connectivity index (χ2n) is 7.42. The molecule has 0 amide bonds.